The van der Waals surface area contributed by atoms with Crippen molar-refractivity contribution in [3.05, 3.63) is 75.1 Å². The third-order valence-corrected chi connectivity index (χ3v) is 4.93. The van der Waals surface area contributed by atoms with Crippen LogP contribution >= 0.6 is 11.6 Å². The van der Waals surface area contributed by atoms with E-state index in [0.717, 1.165) is 23.7 Å². The number of halogens is 1. The van der Waals surface area contributed by atoms with Crippen LogP contribution in [-0.2, 0) is 16.0 Å². The molecule has 1 aliphatic heterocycles. The largest absolute Gasteiger partial charge is 0.450 e. The van der Waals surface area contributed by atoms with Crippen molar-refractivity contribution in [3.8, 4) is 0 Å². The molecule has 1 atom stereocenters. The normalized spacial score (nSPS) is 15.5. The molecule has 0 aliphatic carbocycles. The lowest BCUT2D eigenvalue weighted by Crippen LogP contribution is -2.38. The third-order valence-electron chi connectivity index (χ3n) is 4.69. The van der Waals surface area contributed by atoms with E-state index in [0.29, 0.717) is 5.02 Å². The van der Waals surface area contributed by atoms with Gasteiger partial charge in [-0.3, -0.25) is 9.59 Å². The van der Waals surface area contributed by atoms with Gasteiger partial charge in [-0.2, -0.15) is 0 Å². The molecule has 0 N–H and O–H groups in total. The second kappa shape index (κ2) is 7.13. The van der Waals surface area contributed by atoms with Gasteiger partial charge >= 0.3 is 5.97 Å². The number of para-hydroxylation sites is 1. The van der Waals surface area contributed by atoms with E-state index in [1.54, 1.807) is 11.0 Å². The molecule has 2 aromatic carbocycles. The molecule has 2 heterocycles. The number of fused-ring (bicyclic) bond motifs is 2. The number of anilines is 1. The fourth-order valence-electron chi connectivity index (χ4n) is 3.44. The van der Waals surface area contributed by atoms with Crippen LogP contribution in [0.15, 0.2) is 57.7 Å². The summed E-state index contributed by atoms with van der Waals surface area (Å²) in [4.78, 5) is 38.7. The lowest BCUT2D eigenvalue weighted by Gasteiger charge is -2.22. The summed E-state index contributed by atoms with van der Waals surface area (Å²) in [5.74, 6) is -1.47. The Morgan fingerprint density at radius 2 is 2.00 bits per heavy atom. The van der Waals surface area contributed by atoms with Crippen molar-refractivity contribution >= 4 is 40.1 Å². The van der Waals surface area contributed by atoms with Gasteiger partial charge in [0.15, 0.2) is 12.0 Å². The minimum absolute atomic E-state index is 0.0213. The van der Waals surface area contributed by atoms with E-state index in [-0.39, 0.29) is 28.7 Å². The quantitative estimate of drug-likeness (QED) is 0.631. The summed E-state index contributed by atoms with van der Waals surface area (Å²) in [6, 6.07) is 13.2. The van der Waals surface area contributed by atoms with Crippen LogP contribution in [0.2, 0.25) is 5.02 Å². The monoisotopic (exact) mass is 397 g/mol. The van der Waals surface area contributed by atoms with Crippen molar-refractivity contribution in [1.82, 2.24) is 0 Å². The highest BCUT2D eigenvalue weighted by Crippen LogP contribution is 2.31. The molecule has 6 nitrogen and oxygen atoms in total. The number of nitrogens with zero attached hydrogens (tertiary/aromatic N) is 1. The highest BCUT2D eigenvalue weighted by atomic mass is 35.5. The van der Waals surface area contributed by atoms with Crippen LogP contribution in [0.5, 0.6) is 0 Å². The highest BCUT2D eigenvalue weighted by Gasteiger charge is 2.31. The second-order valence-corrected chi connectivity index (χ2v) is 7.07. The number of amides is 1. The van der Waals surface area contributed by atoms with Crippen molar-refractivity contribution in [2.24, 2.45) is 0 Å². The Morgan fingerprint density at radius 3 is 2.82 bits per heavy atom. The van der Waals surface area contributed by atoms with Gasteiger partial charge in [0.25, 0.3) is 5.91 Å². The zero-order valence-electron chi connectivity index (χ0n) is 15.0. The summed E-state index contributed by atoms with van der Waals surface area (Å²) in [7, 11) is 0. The fourth-order valence-corrected chi connectivity index (χ4v) is 3.61. The van der Waals surface area contributed by atoms with Crippen molar-refractivity contribution in [1.29, 1.82) is 0 Å². The van der Waals surface area contributed by atoms with E-state index in [1.807, 2.05) is 31.2 Å². The number of carbonyl (C=O) groups is 2. The van der Waals surface area contributed by atoms with Crippen LogP contribution in [0.1, 0.15) is 23.0 Å². The molecule has 0 saturated carbocycles. The molecule has 7 heteroatoms. The summed E-state index contributed by atoms with van der Waals surface area (Å²) in [6.45, 7) is 1.49. The summed E-state index contributed by atoms with van der Waals surface area (Å²) in [6.07, 6.45) is 0.748. The molecule has 1 amide bonds. The van der Waals surface area contributed by atoms with Crippen LogP contribution in [0.3, 0.4) is 0 Å². The van der Waals surface area contributed by atoms with Gasteiger partial charge in [-0.25, -0.2) is 4.79 Å². The Labute approximate surface area is 165 Å². The Kier molecular flexibility index (Phi) is 4.65. The molecule has 0 bridgehead atoms. The maximum absolute atomic E-state index is 12.6. The van der Waals surface area contributed by atoms with Gasteiger partial charge in [0.1, 0.15) is 5.58 Å². The Bertz CT molecular complexity index is 1150. The maximum atomic E-state index is 12.6. The first-order valence-electron chi connectivity index (χ1n) is 8.74. The van der Waals surface area contributed by atoms with Crippen LogP contribution in [0, 0.1) is 0 Å². The molecule has 3 aromatic rings. The molecule has 0 spiro atoms. The molecule has 0 unspecified atom stereocenters. The fraction of sp³-hybridized carbons (Fsp3) is 0.190. The smallest absolute Gasteiger partial charge is 0.374 e. The van der Waals surface area contributed by atoms with Gasteiger partial charge in [0.05, 0.1) is 5.39 Å². The summed E-state index contributed by atoms with van der Waals surface area (Å²) in [5, 5.41) is 0.656. The van der Waals surface area contributed by atoms with E-state index < -0.39 is 18.0 Å². The first-order valence-corrected chi connectivity index (χ1v) is 9.12. The molecule has 0 radical (unpaired) electrons. The number of carbonyl (C=O) groups excluding carboxylic acids is 2. The number of hydrogen-bond acceptors (Lipinski definition) is 5. The SMILES string of the molecule is C[C@H]1Cc2ccccc2N1C(=O)COC(=O)c1cc(=O)c2cc(Cl)ccc2o1. The number of ether oxygens (including phenoxy) is 1. The van der Waals surface area contributed by atoms with E-state index in [2.05, 4.69) is 0 Å². The number of hydrogen-bond donors (Lipinski definition) is 0. The molecule has 142 valence electrons. The van der Waals surface area contributed by atoms with E-state index in [4.69, 9.17) is 20.8 Å². The topological polar surface area (TPSA) is 76.8 Å². The predicted octanol–water partition coefficient (Wildman–Crippen LogP) is 3.58. The molecule has 4 rings (SSSR count). The molecular weight excluding hydrogens is 382 g/mol. The second-order valence-electron chi connectivity index (χ2n) is 6.64. The van der Waals surface area contributed by atoms with E-state index >= 15 is 0 Å². The van der Waals surface area contributed by atoms with E-state index in [9.17, 15) is 14.4 Å². The zero-order valence-corrected chi connectivity index (χ0v) is 15.7. The molecule has 0 saturated heterocycles. The molecule has 0 fully saturated rings. The Balaban J connectivity index is 1.50. The molecule has 1 aliphatic rings. The van der Waals surface area contributed by atoms with Gasteiger partial charge in [-0.15, -0.1) is 0 Å². The number of benzene rings is 2. The van der Waals surface area contributed by atoms with Gasteiger partial charge in [-0.1, -0.05) is 29.8 Å². The third kappa shape index (κ3) is 3.27. The van der Waals surface area contributed by atoms with Crippen LogP contribution in [0.25, 0.3) is 11.0 Å². The molecular formula is C21H16ClNO5. The summed E-state index contributed by atoms with van der Waals surface area (Å²) < 4.78 is 10.5. The molecule has 28 heavy (non-hydrogen) atoms. The number of rotatable bonds is 3. The van der Waals surface area contributed by atoms with Crippen LogP contribution in [-0.4, -0.2) is 24.5 Å². The lowest BCUT2D eigenvalue weighted by molar-refractivity contribution is -0.122. The first-order chi connectivity index (χ1) is 13.4. The highest BCUT2D eigenvalue weighted by molar-refractivity contribution is 6.31. The van der Waals surface area contributed by atoms with Gasteiger partial charge < -0.3 is 14.1 Å². The lowest BCUT2D eigenvalue weighted by atomic mass is 10.1. The Hall–Kier alpha value is -3.12. The van der Waals surface area contributed by atoms with Gasteiger partial charge in [0, 0.05) is 22.8 Å². The maximum Gasteiger partial charge on any atom is 0.374 e. The minimum Gasteiger partial charge on any atom is -0.450 e. The average molecular weight is 398 g/mol. The predicted molar refractivity (Wildman–Crippen MR) is 105 cm³/mol. The van der Waals surface area contributed by atoms with Gasteiger partial charge in [0.2, 0.25) is 5.76 Å². The van der Waals surface area contributed by atoms with E-state index in [1.165, 1.54) is 12.1 Å². The van der Waals surface area contributed by atoms with Crippen molar-refractivity contribution in [2.45, 2.75) is 19.4 Å². The van der Waals surface area contributed by atoms with Crippen LogP contribution < -0.4 is 10.3 Å². The minimum atomic E-state index is -0.873. The average Bonchev–Trinajstić information content (AvgIpc) is 3.02. The molecule has 1 aromatic heterocycles. The summed E-state index contributed by atoms with van der Waals surface area (Å²) in [5.41, 5.74) is 1.71. The summed E-state index contributed by atoms with van der Waals surface area (Å²) >= 11 is 5.87. The van der Waals surface area contributed by atoms with Crippen molar-refractivity contribution in [3.63, 3.8) is 0 Å². The van der Waals surface area contributed by atoms with Crippen molar-refractivity contribution in [2.75, 3.05) is 11.5 Å². The first kappa shape index (κ1) is 18.3. The standard InChI is InChI=1S/C21H16ClNO5/c1-12-8-13-4-2-3-5-16(13)23(12)20(25)11-27-21(26)19-10-17(24)15-9-14(22)6-7-18(15)28-19/h2-7,9-10,12H,8,11H2,1H3/t12-/m0/s1. The zero-order chi connectivity index (χ0) is 19.8. The van der Waals surface area contributed by atoms with Gasteiger partial charge in [-0.05, 0) is 43.2 Å². The Morgan fingerprint density at radius 1 is 1.21 bits per heavy atom. The van der Waals surface area contributed by atoms with Crippen molar-refractivity contribution < 1.29 is 18.7 Å². The number of esters is 1. The van der Waals surface area contributed by atoms with Crippen LogP contribution in [0.4, 0.5) is 5.69 Å².